The Kier molecular flexibility index (Phi) is 5.51. The van der Waals surface area contributed by atoms with E-state index in [1.165, 1.54) is 24.2 Å². The van der Waals surface area contributed by atoms with Crippen LogP contribution in [-0.4, -0.2) is 35.0 Å². The number of nitrogens with one attached hydrogen (secondary N) is 1. The molecule has 1 aromatic carbocycles. The molecule has 2 aromatic rings. The number of ether oxygens (including phenoxy) is 1. The van der Waals surface area contributed by atoms with Crippen molar-refractivity contribution < 1.29 is 9.13 Å². The molecule has 0 aliphatic carbocycles. The Labute approximate surface area is 121 Å². The minimum atomic E-state index is -0.246. The topological polar surface area (TPSA) is 52.0 Å². The van der Waals surface area contributed by atoms with Crippen molar-refractivity contribution in [3.8, 4) is 0 Å². The van der Waals surface area contributed by atoms with Crippen LogP contribution in [-0.2, 0) is 18.3 Å². The second-order valence-corrected chi connectivity index (χ2v) is 5.14. The highest BCUT2D eigenvalue weighted by Gasteiger charge is 2.12. The molecule has 0 saturated heterocycles. The predicted octanol–water partition coefficient (Wildman–Crippen LogP) is 1.84. The van der Waals surface area contributed by atoms with E-state index in [9.17, 15) is 4.39 Å². The Bertz CT molecular complexity index is 561. The van der Waals surface area contributed by atoms with E-state index in [0.29, 0.717) is 23.2 Å². The molecule has 0 spiro atoms. The molecule has 2 rings (SSSR count). The van der Waals surface area contributed by atoms with Crippen LogP contribution in [0.15, 0.2) is 34.6 Å². The van der Waals surface area contributed by atoms with Gasteiger partial charge in [-0.3, -0.25) is 0 Å². The third-order valence-corrected chi connectivity index (χ3v) is 3.92. The zero-order valence-corrected chi connectivity index (χ0v) is 12.3. The smallest absolute Gasteiger partial charge is 0.190 e. The highest BCUT2D eigenvalue weighted by atomic mass is 32.2. The van der Waals surface area contributed by atoms with E-state index in [0.717, 1.165) is 12.1 Å². The Morgan fingerprint density at radius 1 is 1.45 bits per heavy atom. The highest BCUT2D eigenvalue weighted by molar-refractivity contribution is 7.99. The fourth-order valence-corrected chi connectivity index (χ4v) is 2.57. The fraction of sp³-hybridized carbons (Fsp3) is 0.385. The number of methoxy groups -OCH3 is 1. The molecule has 0 atom stereocenters. The Morgan fingerprint density at radius 2 is 2.30 bits per heavy atom. The van der Waals surface area contributed by atoms with Crippen molar-refractivity contribution in [3.05, 3.63) is 35.9 Å². The number of benzene rings is 1. The summed E-state index contributed by atoms with van der Waals surface area (Å²) in [5, 5.41) is 7.87. The van der Waals surface area contributed by atoms with Crippen LogP contribution in [0.5, 0.6) is 0 Å². The lowest BCUT2D eigenvalue weighted by molar-refractivity contribution is 0.199. The first kappa shape index (κ1) is 15.0. The molecule has 1 heterocycles. The maximum atomic E-state index is 14.0. The van der Waals surface area contributed by atoms with Gasteiger partial charge in [-0.15, -0.1) is 0 Å². The van der Waals surface area contributed by atoms with E-state index in [1.54, 1.807) is 24.9 Å². The molecule has 0 bridgehead atoms. The number of halogens is 1. The van der Waals surface area contributed by atoms with Crippen LogP contribution in [0.4, 0.5) is 4.39 Å². The fourth-order valence-electron chi connectivity index (χ4n) is 1.67. The molecule has 0 aliphatic rings. The quantitative estimate of drug-likeness (QED) is 0.790. The average molecular weight is 296 g/mol. The summed E-state index contributed by atoms with van der Waals surface area (Å²) in [4.78, 5) is 4.69. The second-order valence-electron chi connectivity index (χ2n) is 4.17. The number of hydrogen-bond donors (Lipinski definition) is 1. The van der Waals surface area contributed by atoms with Crippen LogP contribution < -0.4 is 5.32 Å². The molecule has 0 saturated carbocycles. The van der Waals surface area contributed by atoms with Gasteiger partial charge in [0.2, 0.25) is 0 Å². The third-order valence-electron chi connectivity index (χ3n) is 2.71. The van der Waals surface area contributed by atoms with Gasteiger partial charge in [0.1, 0.15) is 12.1 Å². The normalized spacial score (nSPS) is 10.9. The molecule has 108 valence electrons. The van der Waals surface area contributed by atoms with Crippen LogP contribution in [0.2, 0.25) is 0 Å². The van der Waals surface area contributed by atoms with Crippen molar-refractivity contribution >= 4 is 11.8 Å². The summed E-state index contributed by atoms with van der Waals surface area (Å²) in [7, 11) is 3.44. The number of nitrogens with zero attached hydrogens (tertiary/aromatic N) is 3. The first-order chi connectivity index (χ1) is 9.72. The largest absolute Gasteiger partial charge is 0.383 e. The Hall–Kier alpha value is -1.44. The highest BCUT2D eigenvalue weighted by Crippen LogP contribution is 2.31. The molecule has 7 heteroatoms. The number of aromatic nitrogens is 3. The summed E-state index contributed by atoms with van der Waals surface area (Å²) in [6, 6.07) is 5.07. The predicted molar refractivity (Wildman–Crippen MR) is 75.1 cm³/mol. The van der Waals surface area contributed by atoms with Gasteiger partial charge >= 0.3 is 0 Å². The summed E-state index contributed by atoms with van der Waals surface area (Å²) in [5.41, 5.74) is 0.897. The lowest BCUT2D eigenvalue weighted by atomic mass is 10.2. The van der Waals surface area contributed by atoms with Gasteiger partial charge in [-0.25, -0.2) is 14.1 Å². The molecule has 0 amide bonds. The van der Waals surface area contributed by atoms with Gasteiger partial charge in [-0.2, -0.15) is 5.10 Å². The van der Waals surface area contributed by atoms with Gasteiger partial charge in [-0.1, -0.05) is 12.1 Å². The van der Waals surface area contributed by atoms with E-state index in [2.05, 4.69) is 15.4 Å². The van der Waals surface area contributed by atoms with Gasteiger partial charge in [0.25, 0.3) is 0 Å². The summed E-state index contributed by atoms with van der Waals surface area (Å²) >= 11 is 1.28. The van der Waals surface area contributed by atoms with Crippen molar-refractivity contribution in [2.45, 2.75) is 16.6 Å². The SMILES string of the molecule is COCCNCc1cccc(F)c1Sc1ncnn1C. The minimum Gasteiger partial charge on any atom is -0.383 e. The molecule has 20 heavy (non-hydrogen) atoms. The first-order valence-electron chi connectivity index (χ1n) is 6.21. The second kappa shape index (κ2) is 7.37. The molecular weight excluding hydrogens is 279 g/mol. The van der Waals surface area contributed by atoms with Gasteiger partial charge in [0.15, 0.2) is 5.16 Å². The number of aryl methyl sites for hydroxylation is 1. The molecule has 0 fully saturated rings. The lowest BCUT2D eigenvalue weighted by Gasteiger charge is -2.10. The molecule has 1 N–H and O–H groups in total. The third kappa shape index (κ3) is 3.78. The zero-order chi connectivity index (χ0) is 14.4. The van der Waals surface area contributed by atoms with E-state index in [-0.39, 0.29) is 5.82 Å². The maximum absolute atomic E-state index is 14.0. The minimum absolute atomic E-state index is 0.246. The van der Waals surface area contributed by atoms with E-state index in [4.69, 9.17) is 4.74 Å². The number of rotatable bonds is 7. The maximum Gasteiger partial charge on any atom is 0.190 e. The molecule has 1 aromatic heterocycles. The molecule has 0 aliphatic heterocycles. The summed E-state index contributed by atoms with van der Waals surface area (Å²) in [6.45, 7) is 1.93. The summed E-state index contributed by atoms with van der Waals surface area (Å²) in [5.74, 6) is -0.246. The van der Waals surface area contributed by atoms with Crippen molar-refractivity contribution in [1.82, 2.24) is 20.1 Å². The molecular formula is C13H17FN4OS. The van der Waals surface area contributed by atoms with Crippen LogP contribution in [0.25, 0.3) is 0 Å². The van der Waals surface area contributed by atoms with Crippen molar-refractivity contribution in [3.63, 3.8) is 0 Å². The zero-order valence-electron chi connectivity index (χ0n) is 11.5. The van der Waals surface area contributed by atoms with Gasteiger partial charge in [-0.05, 0) is 23.4 Å². The van der Waals surface area contributed by atoms with Crippen molar-refractivity contribution in [2.24, 2.45) is 7.05 Å². The monoisotopic (exact) mass is 296 g/mol. The van der Waals surface area contributed by atoms with Gasteiger partial charge in [0.05, 0.1) is 11.5 Å². The molecule has 0 unspecified atom stereocenters. The van der Waals surface area contributed by atoms with Crippen LogP contribution in [0.3, 0.4) is 0 Å². The van der Waals surface area contributed by atoms with E-state index in [1.807, 2.05) is 6.07 Å². The van der Waals surface area contributed by atoms with Crippen LogP contribution in [0.1, 0.15) is 5.56 Å². The first-order valence-corrected chi connectivity index (χ1v) is 7.03. The van der Waals surface area contributed by atoms with Crippen molar-refractivity contribution in [2.75, 3.05) is 20.3 Å². The standard InChI is InChI=1S/C13H17FN4OS/c1-18-13(16-9-17-18)20-12-10(4-3-5-11(12)14)8-15-6-7-19-2/h3-5,9,15H,6-8H2,1-2H3. The Morgan fingerprint density at radius 3 is 3.00 bits per heavy atom. The summed E-state index contributed by atoms with van der Waals surface area (Å²) < 4.78 is 20.6. The van der Waals surface area contributed by atoms with E-state index >= 15 is 0 Å². The number of hydrogen-bond acceptors (Lipinski definition) is 5. The van der Waals surface area contributed by atoms with Crippen LogP contribution in [0, 0.1) is 5.82 Å². The molecule has 0 radical (unpaired) electrons. The van der Waals surface area contributed by atoms with Gasteiger partial charge < -0.3 is 10.1 Å². The molecule has 5 nitrogen and oxygen atoms in total. The van der Waals surface area contributed by atoms with Gasteiger partial charge in [0, 0.05) is 27.2 Å². The van der Waals surface area contributed by atoms with Crippen LogP contribution >= 0.6 is 11.8 Å². The Balaban J connectivity index is 2.12. The lowest BCUT2D eigenvalue weighted by Crippen LogP contribution is -2.19. The average Bonchev–Trinajstić information content (AvgIpc) is 2.84. The van der Waals surface area contributed by atoms with E-state index < -0.39 is 0 Å². The summed E-state index contributed by atoms with van der Waals surface area (Å²) in [6.07, 6.45) is 1.46. The van der Waals surface area contributed by atoms with Crippen molar-refractivity contribution in [1.29, 1.82) is 0 Å².